The summed E-state index contributed by atoms with van der Waals surface area (Å²) in [4.78, 5) is 4.32. The van der Waals surface area contributed by atoms with Gasteiger partial charge in [-0.25, -0.2) is 8.78 Å². The Kier molecular flexibility index (Phi) is 3.64. The van der Waals surface area contributed by atoms with Crippen molar-refractivity contribution in [2.75, 3.05) is 0 Å². The second-order valence-electron chi connectivity index (χ2n) is 5.01. The molecule has 21 heavy (non-hydrogen) atoms. The molecule has 0 spiro atoms. The van der Waals surface area contributed by atoms with E-state index in [1.54, 1.807) is 12.4 Å². The van der Waals surface area contributed by atoms with Crippen LogP contribution in [0.25, 0.3) is 22.2 Å². The van der Waals surface area contributed by atoms with Crippen LogP contribution in [-0.4, -0.2) is 14.8 Å². The highest BCUT2D eigenvalue weighted by molar-refractivity contribution is 5.80. The zero-order valence-corrected chi connectivity index (χ0v) is 11.7. The molecule has 0 aliphatic carbocycles. The Morgan fingerprint density at radius 3 is 2.48 bits per heavy atom. The molecule has 1 aromatic carbocycles. The SMILES string of the molecule is CCCCn1ncc2ncc(-c3cc(F)cc(F)c3)cc21. The van der Waals surface area contributed by atoms with Gasteiger partial charge in [0.25, 0.3) is 0 Å². The fourth-order valence-corrected chi connectivity index (χ4v) is 2.32. The smallest absolute Gasteiger partial charge is 0.126 e. The van der Waals surface area contributed by atoms with Crippen molar-refractivity contribution >= 4 is 11.0 Å². The number of benzene rings is 1. The molecule has 0 saturated carbocycles. The minimum absolute atomic E-state index is 0.477. The molecule has 0 fully saturated rings. The molecule has 0 N–H and O–H groups in total. The van der Waals surface area contributed by atoms with E-state index in [-0.39, 0.29) is 0 Å². The van der Waals surface area contributed by atoms with Crippen LogP contribution < -0.4 is 0 Å². The molecule has 0 bridgehead atoms. The Morgan fingerprint density at radius 1 is 1.00 bits per heavy atom. The molecule has 0 aliphatic heterocycles. The zero-order chi connectivity index (χ0) is 14.8. The standard InChI is InChI=1S/C16H15F2N3/c1-2-3-4-21-16-7-12(9-19-15(16)10-20-21)11-5-13(17)8-14(18)6-11/h5-10H,2-4H2,1H3. The first kappa shape index (κ1) is 13.7. The summed E-state index contributed by atoms with van der Waals surface area (Å²) in [7, 11) is 0. The molecule has 5 heteroatoms. The van der Waals surface area contributed by atoms with Gasteiger partial charge in [-0.15, -0.1) is 0 Å². The van der Waals surface area contributed by atoms with E-state index in [4.69, 9.17) is 0 Å². The first-order chi connectivity index (χ1) is 10.2. The number of nitrogens with zero attached hydrogens (tertiary/aromatic N) is 3. The maximum atomic E-state index is 13.3. The van der Waals surface area contributed by atoms with Crippen LogP contribution >= 0.6 is 0 Å². The maximum absolute atomic E-state index is 13.3. The third kappa shape index (κ3) is 2.77. The minimum atomic E-state index is -0.593. The van der Waals surface area contributed by atoms with Gasteiger partial charge in [0.2, 0.25) is 0 Å². The van der Waals surface area contributed by atoms with E-state index in [1.165, 1.54) is 12.1 Å². The lowest BCUT2D eigenvalue weighted by Crippen LogP contribution is -1.99. The molecule has 2 heterocycles. The van der Waals surface area contributed by atoms with E-state index in [0.29, 0.717) is 11.1 Å². The van der Waals surface area contributed by atoms with E-state index in [1.807, 2.05) is 10.7 Å². The van der Waals surface area contributed by atoms with E-state index in [0.717, 1.165) is 36.5 Å². The van der Waals surface area contributed by atoms with Gasteiger partial charge >= 0.3 is 0 Å². The highest BCUT2D eigenvalue weighted by Gasteiger charge is 2.08. The predicted octanol–water partition coefficient (Wildman–Crippen LogP) is 4.18. The largest absolute Gasteiger partial charge is 0.263 e. The second-order valence-corrected chi connectivity index (χ2v) is 5.01. The van der Waals surface area contributed by atoms with Crippen molar-refractivity contribution < 1.29 is 8.78 Å². The van der Waals surface area contributed by atoms with Crippen molar-refractivity contribution in [1.29, 1.82) is 0 Å². The normalized spacial score (nSPS) is 11.2. The summed E-state index contributed by atoms with van der Waals surface area (Å²) in [6.07, 6.45) is 5.42. The van der Waals surface area contributed by atoms with Crippen LogP contribution in [0.5, 0.6) is 0 Å². The Bertz CT molecular complexity index is 760. The zero-order valence-electron chi connectivity index (χ0n) is 11.7. The van der Waals surface area contributed by atoms with Crippen molar-refractivity contribution in [2.45, 2.75) is 26.3 Å². The fourth-order valence-electron chi connectivity index (χ4n) is 2.32. The van der Waals surface area contributed by atoms with Crippen molar-refractivity contribution in [3.05, 3.63) is 48.3 Å². The average molecular weight is 287 g/mol. The predicted molar refractivity (Wildman–Crippen MR) is 77.8 cm³/mol. The lowest BCUT2D eigenvalue weighted by atomic mass is 10.1. The van der Waals surface area contributed by atoms with Crippen molar-refractivity contribution in [3.63, 3.8) is 0 Å². The lowest BCUT2D eigenvalue weighted by molar-refractivity contribution is 0.584. The number of rotatable bonds is 4. The maximum Gasteiger partial charge on any atom is 0.126 e. The minimum Gasteiger partial charge on any atom is -0.263 e. The molecule has 108 valence electrons. The van der Waals surface area contributed by atoms with Gasteiger partial charge in [-0.1, -0.05) is 13.3 Å². The molecular weight excluding hydrogens is 272 g/mol. The first-order valence-electron chi connectivity index (χ1n) is 6.95. The van der Waals surface area contributed by atoms with Crippen LogP contribution in [0.4, 0.5) is 8.78 Å². The number of aryl methyl sites for hydroxylation is 1. The van der Waals surface area contributed by atoms with Crippen LogP contribution in [0.15, 0.2) is 36.7 Å². The van der Waals surface area contributed by atoms with Crippen molar-refractivity contribution in [1.82, 2.24) is 14.8 Å². The topological polar surface area (TPSA) is 30.7 Å². The molecule has 0 amide bonds. The Morgan fingerprint density at radius 2 is 1.76 bits per heavy atom. The number of fused-ring (bicyclic) bond motifs is 1. The van der Waals surface area contributed by atoms with Gasteiger partial charge < -0.3 is 0 Å². The number of hydrogen-bond donors (Lipinski definition) is 0. The van der Waals surface area contributed by atoms with E-state index >= 15 is 0 Å². The quantitative estimate of drug-likeness (QED) is 0.720. The van der Waals surface area contributed by atoms with Crippen LogP contribution in [0.1, 0.15) is 19.8 Å². The van der Waals surface area contributed by atoms with E-state index in [2.05, 4.69) is 17.0 Å². The van der Waals surface area contributed by atoms with E-state index in [9.17, 15) is 8.78 Å². The highest BCUT2D eigenvalue weighted by atomic mass is 19.1. The molecule has 0 saturated heterocycles. The van der Waals surface area contributed by atoms with Crippen molar-refractivity contribution in [2.24, 2.45) is 0 Å². The highest BCUT2D eigenvalue weighted by Crippen LogP contribution is 2.24. The van der Waals surface area contributed by atoms with Gasteiger partial charge in [0.15, 0.2) is 0 Å². The molecule has 0 aliphatic rings. The van der Waals surface area contributed by atoms with Gasteiger partial charge in [-0.3, -0.25) is 9.67 Å². The molecule has 3 aromatic rings. The van der Waals surface area contributed by atoms with Crippen LogP contribution in [0.3, 0.4) is 0 Å². The summed E-state index contributed by atoms with van der Waals surface area (Å²) in [5.41, 5.74) is 2.82. The summed E-state index contributed by atoms with van der Waals surface area (Å²) in [6.45, 7) is 2.92. The number of pyridine rings is 1. The molecule has 0 atom stereocenters. The number of hydrogen-bond acceptors (Lipinski definition) is 2. The van der Waals surface area contributed by atoms with Crippen LogP contribution in [-0.2, 0) is 6.54 Å². The monoisotopic (exact) mass is 287 g/mol. The first-order valence-corrected chi connectivity index (χ1v) is 6.95. The summed E-state index contributed by atoms with van der Waals surface area (Å²) in [5, 5.41) is 4.31. The molecule has 0 radical (unpaired) electrons. The van der Waals surface area contributed by atoms with Crippen LogP contribution in [0.2, 0.25) is 0 Å². The molecule has 3 nitrogen and oxygen atoms in total. The third-order valence-corrected chi connectivity index (χ3v) is 3.41. The molecule has 2 aromatic heterocycles. The lowest BCUT2D eigenvalue weighted by Gasteiger charge is -2.05. The molecular formula is C16H15F2N3. The van der Waals surface area contributed by atoms with E-state index < -0.39 is 11.6 Å². The number of halogens is 2. The third-order valence-electron chi connectivity index (χ3n) is 3.41. The van der Waals surface area contributed by atoms with Gasteiger partial charge in [-0.2, -0.15) is 5.10 Å². The summed E-state index contributed by atoms with van der Waals surface area (Å²) in [6, 6.07) is 5.34. The molecule has 3 rings (SSSR count). The molecule has 0 unspecified atom stereocenters. The van der Waals surface area contributed by atoms with Gasteiger partial charge in [0, 0.05) is 24.4 Å². The average Bonchev–Trinajstić information content (AvgIpc) is 2.86. The Hall–Kier alpha value is -2.30. The van der Waals surface area contributed by atoms with Gasteiger partial charge in [-0.05, 0) is 30.2 Å². The van der Waals surface area contributed by atoms with Gasteiger partial charge in [0.05, 0.1) is 11.7 Å². The second kappa shape index (κ2) is 5.60. The number of aromatic nitrogens is 3. The number of unbranched alkanes of at least 4 members (excludes halogenated alkanes) is 1. The Labute approximate surface area is 121 Å². The Balaban J connectivity index is 2.06. The van der Waals surface area contributed by atoms with Crippen molar-refractivity contribution in [3.8, 4) is 11.1 Å². The summed E-state index contributed by atoms with van der Waals surface area (Å²) < 4.78 is 28.6. The van der Waals surface area contributed by atoms with Gasteiger partial charge in [0.1, 0.15) is 17.2 Å². The fraction of sp³-hybridized carbons (Fsp3) is 0.250. The summed E-state index contributed by atoms with van der Waals surface area (Å²) in [5.74, 6) is -1.19. The van der Waals surface area contributed by atoms with Crippen LogP contribution in [0, 0.1) is 11.6 Å². The summed E-state index contributed by atoms with van der Waals surface area (Å²) >= 11 is 0.